The van der Waals surface area contributed by atoms with Crippen molar-refractivity contribution >= 4 is 5.97 Å². The van der Waals surface area contributed by atoms with E-state index in [9.17, 15) is 4.79 Å². The lowest BCUT2D eigenvalue weighted by molar-refractivity contribution is -0.140. The molecule has 0 aliphatic heterocycles. The zero-order chi connectivity index (χ0) is 15.6. The van der Waals surface area contributed by atoms with Crippen LogP contribution in [0.5, 0.6) is 0 Å². The zero-order valence-corrected chi connectivity index (χ0v) is 13.7. The molecule has 0 unspecified atom stereocenters. The van der Waals surface area contributed by atoms with Crippen molar-refractivity contribution in [1.82, 2.24) is 0 Å². The second-order valence-corrected chi connectivity index (χ2v) is 5.07. The smallest absolute Gasteiger partial charge is 0.305 e. The maximum Gasteiger partial charge on any atom is 0.305 e. The Morgan fingerprint density at radius 2 is 1.76 bits per heavy atom. The summed E-state index contributed by atoms with van der Waals surface area (Å²) >= 11 is 0. The van der Waals surface area contributed by atoms with Gasteiger partial charge < -0.3 is 4.74 Å². The molecule has 2 nitrogen and oxygen atoms in total. The topological polar surface area (TPSA) is 26.3 Å². The second kappa shape index (κ2) is 16.6. The highest BCUT2D eigenvalue weighted by molar-refractivity contribution is 5.68. The highest BCUT2D eigenvalue weighted by Gasteiger charge is 1.98. The molecule has 118 valence electrons. The monoisotopic (exact) mass is 290 g/mol. The number of hydrogen-bond donors (Lipinski definition) is 0. The van der Waals surface area contributed by atoms with Crippen molar-refractivity contribution in [1.29, 1.82) is 0 Å². The molecule has 0 saturated heterocycles. The Balaban J connectivity index is 3.31. The fourth-order valence-electron chi connectivity index (χ4n) is 1.85. The molecule has 0 aromatic heterocycles. The Bertz CT molecular complexity index is 355. The van der Waals surface area contributed by atoms with Crippen molar-refractivity contribution in [2.75, 3.05) is 7.11 Å². The minimum Gasteiger partial charge on any atom is -0.469 e. The SMILES string of the molecule is CCCC=CC#CCC=CCCCCCCCC(=O)OC. The second-order valence-electron chi connectivity index (χ2n) is 5.07. The van der Waals surface area contributed by atoms with Crippen LogP contribution in [0.1, 0.15) is 71.1 Å². The molecule has 0 rings (SSSR count). The number of methoxy groups -OCH3 is 1. The van der Waals surface area contributed by atoms with Crippen LogP contribution in [-0.2, 0) is 9.53 Å². The van der Waals surface area contributed by atoms with Crippen LogP contribution in [0.2, 0.25) is 0 Å². The van der Waals surface area contributed by atoms with Crippen LogP contribution in [0.4, 0.5) is 0 Å². The average molecular weight is 290 g/mol. The quantitative estimate of drug-likeness (QED) is 0.226. The first kappa shape index (κ1) is 19.5. The molecule has 0 amide bonds. The van der Waals surface area contributed by atoms with Gasteiger partial charge in [0.2, 0.25) is 0 Å². The van der Waals surface area contributed by atoms with E-state index < -0.39 is 0 Å². The van der Waals surface area contributed by atoms with E-state index in [1.54, 1.807) is 0 Å². The molecule has 0 radical (unpaired) electrons. The largest absolute Gasteiger partial charge is 0.469 e. The highest BCUT2D eigenvalue weighted by atomic mass is 16.5. The Kier molecular flexibility index (Phi) is 15.4. The number of ether oxygens (including phenoxy) is 1. The first-order valence-corrected chi connectivity index (χ1v) is 8.16. The van der Waals surface area contributed by atoms with Gasteiger partial charge >= 0.3 is 5.97 Å². The summed E-state index contributed by atoms with van der Waals surface area (Å²) < 4.78 is 4.61. The Labute approximate surface area is 130 Å². The van der Waals surface area contributed by atoms with E-state index in [1.165, 1.54) is 32.8 Å². The number of unbranched alkanes of at least 4 members (excludes halogenated alkanes) is 6. The van der Waals surface area contributed by atoms with E-state index in [1.807, 2.05) is 6.08 Å². The van der Waals surface area contributed by atoms with Gasteiger partial charge in [0, 0.05) is 12.8 Å². The first-order valence-electron chi connectivity index (χ1n) is 8.16. The van der Waals surface area contributed by atoms with Crippen molar-refractivity contribution in [3.63, 3.8) is 0 Å². The fraction of sp³-hybridized carbons (Fsp3) is 0.632. The molecule has 0 N–H and O–H groups in total. The third-order valence-corrected chi connectivity index (χ3v) is 3.12. The standard InChI is InChI=1S/C19H30O2/c1-3-4-5-6-7-8-9-10-11-12-13-14-15-16-17-18-19(20)21-2/h5-6,10-11H,3-4,9,12-18H2,1-2H3. The highest BCUT2D eigenvalue weighted by Crippen LogP contribution is 2.08. The van der Waals surface area contributed by atoms with Gasteiger partial charge in [-0.05, 0) is 31.8 Å². The van der Waals surface area contributed by atoms with Crippen LogP contribution >= 0.6 is 0 Å². The van der Waals surface area contributed by atoms with Crippen molar-refractivity contribution in [3.8, 4) is 11.8 Å². The number of allylic oxidation sites excluding steroid dienone is 4. The van der Waals surface area contributed by atoms with Crippen LogP contribution in [0.15, 0.2) is 24.3 Å². The minimum atomic E-state index is -0.0939. The van der Waals surface area contributed by atoms with E-state index in [2.05, 4.69) is 41.7 Å². The number of carbonyl (C=O) groups is 1. The van der Waals surface area contributed by atoms with Gasteiger partial charge in [-0.15, -0.1) is 0 Å². The predicted octanol–water partition coefficient (Wildman–Crippen LogP) is 5.20. The maximum absolute atomic E-state index is 10.9. The van der Waals surface area contributed by atoms with E-state index in [-0.39, 0.29) is 5.97 Å². The summed E-state index contributed by atoms with van der Waals surface area (Å²) in [7, 11) is 1.44. The van der Waals surface area contributed by atoms with Crippen molar-refractivity contribution in [3.05, 3.63) is 24.3 Å². The van der Waals surface area contributed by atoms with Gasteiger partial charge in [0.05, 0.1) is 7.11 Å². The van der Waals surface area contributed by atoms with Gasteiger partial charge in [0.15, 0.2) is 0 Å². The average Bonchev–Trinajstić information content (AvgIpc) is 2.50. The summed E-state index contributed by atoms with van der Waals surface area (Å²) in [6.45, 7) is 2.17. The van der Waals surface area contributed by atoms with Gasteiger partial charge in [-0.2, -0.15) is 0 Å². The van der Waals surface area contributed by atoms with Crippen LogP contribution < -0.4 is 0 Å². The van der Waals surface area contributed by atoms with Crippen LogP contribution in [0.3, 0.4) is 0 Å². The summed E-state index contributed by atoms with van der Waals surface area (Å²) in [5.41, 5.74) is 0. The minimum absolute atomic E-state index is 0.0939. The number of esters is 1. The summed E-state index contributed by atoms with van der Waals surface area (Å²) in [4.78, 5) is 10.9. The van der Waals surface area contributed by atoms with Gasteiger partial charge in [-0.1, -0.05) is 62.7 Å². The Hall–Kier alpha value is -1.49. The lowest BCUT2D eigenvalue weighted by atomic mass is 10.1. The molecule has 0 atom stereocenters. The van der Waals surface area contributed by atoms with E-state index in [0.717, 1.165) is 32.1 Å². The van der Waals surface area contributed by atoms with E-state index >= 15 is 0 Å². The van der Waals surface area contributed by atoms with Crippen molar-refractivity contribution in [2.24, 2.45) is 0 Å². The molecule has 0 aliphatic carbocycles. The molecule has 0 spiro atoms. The maximum atomic E-state index is 10.9. The molecule has 0 saturated carbocycles. The van der Waals surface area contributed by atoms with Crippen molar-refractivity contribution in [2.45, 2.75) is 71.1 Å². The molecule has 0 bridgehead atoms. The Morgan fingerprint density at radius 1 is 1.00 bits per heavy atom. The number of rotatable bonds is 11. The van der Waals surface area contributed by atoms with E-state index in [4.69, 9.17) is 0 Å². The summed E-state index contributed by atoms with van der Waals surface area (Å²) in [6.07, 6.45) is 19.0. The zero-order valence-electron chi connectivity index (χ0n) is 13.7. The molecule has 2 heteroatoms. The molecule has 0 aromatic carbocycles. The third kappa shape index (κ3) is 16.5. The van der Waals surface area contributed by atoms with Gasteiger partial charge in [0.1, 0.15) is 0 Å². The lowest BCUT2D eigenvalue weighted by Crippen LogP contribution is -1.98. The fourth-order valence-corrected chi connectivity index (χ4v) is 1.85. The van der Waals surface area contributed by atoms with Gasteiger partial charge in [0.25, 0.3) is 0 Å². The first-order chi connectivity index (χ1) is 10.3. The molecule has 21 heavy (non-hydrogen) atoms. The third-order valence-electron chi connectivity index (χ3n) is 3.12. The summed E-state index contributed by atoms with van der Waals surface area (Å²) in [5.74, 6) is 6.06. The lowest BCUT2D eigenvalue weighted by Gasteiger charge is -1.99. The normalized spacial score (nSPS) is 10.8. The summed E-state index contributed by atoms with van der Waals surface area (Å²) in [5, 5.41) is 0. The number of carbonyl (C=O) groups excluding carboxylic acids is 1. The molecule has 0 fully saturated rings. The van der Waals surface area contributed by atoms with Gasteiger partial charge in [-0.25, -0.2) is 0 Å². The van der Waals surface area contributed by atoms with Crippen LogP contribution in [-0.4, -0.2) is 13.1 Å². The predicted molar refractivity (Wildman–Crippen MR) is 89.9 cm³/mol. The Morgan fingerprint density at radius 3 is 2.52 bits per heavy atom. The van der Waals surface area contributed by atoms with E-state index in [0.29, 0.717) is 6.42 Å². The van der Waals surface area contributed by atoms with Gasteiger partial charge in [-0.3, -0.25) is 4.79 Å². The molecular weight excluding hydrogens is 260 g/mol. The van der Waals surface area contributed by atoms with Crippen molar-refractivity contribution < 1.29 is 9.53 Å². The van der Waals surface area contributed by atoms with Crippen LogP contribution in [0.25, 0.3) is 0 Å². The molecular formula is C19H30O2. The van der Waals surface area contributed by atoms with Crippen LogP contribution in [0, 0.1) is 11.8 Å². The number of hydrogen-bond acceptors (Lipinski definition) is 2. The summed E-state index contributed by atoms with van der Waals surface area (Å²) in [6, 6.07) is 0. The molecule has 0 heterocycles. The molecule has 0 aliphatic rings. The molecule has 0 aromatic rings.